The summed E-state index contributed by atoms with van der Waals surface area (Å²) in [5, 5.41) is 3.11. The van der Waals surface area contributed by atoms with Gasteiger partial charge >= 0.3 is 0 Å². The number of aromatic nitrogens is 2. The van der Waals surface area contributed by atoms with E-state index >= 15 is 0 Å². The second kappa shape index (κ2) is 6.79. The Balaban J connectivity index is 1.49. The van der Waals surface area contributed by atoms with Crippen LogP contribution >= 0.6 is 0 Å². The van der Waals surface area contributed by atoms with Crippen LogP contribution in [0, 0.1) is 0 Å². The van der Waals surface area contributed by atoms with Crippen molar-refractivity contribution < 1.29 is 14.3 Å². The summed E-state index contributed by atoms with van der Waals surface area (Å²) in [4.78, 5) is 16.5. The van der Waals surface area contributed by atoms with Crippen LogP contribution < -0.4 is 5.32 Å². The van der Waals surface area contributed by atoms with E-state index in [1.54, 1.807) is 6.20 Å². The topological polar surface area (TPSA) is 65.4 Å². The lowest BCUT2D eigenvalue weighted by atomic mass is 10.1. The fourth-order valence-corrected chi connectivity index (χ4v) is 3.31. The second-order valence-electron chi connectivity index (χ2n) is 6.34. The molecule has 0 saturated carbocycles. The zero-order valence-corrected chi connectivity index (χ0v) is 13.3. The van der Waals surface area contributed by atoms with Crippen LogP contribution in [-0.4, -0.2) is 40.3 Å². The highest BCUT2D eigenvalue weighted by atomic mass is 16.5. The van der Waals surface area contributed by atoms with Gasteiger partial charge in [0.1, 0.15) is 11.9 Å². The van der Waals surface area contributed by atoms with Crippen molar-refractivity contribution in [2.45, 2.75) is 63.4 Å². The van der Waals surface area contributed by atoms with Crippen molar-refractivity contribution >= 4 is 5.91 Å². The number of imidazole rings is 1. The quantitative estimate of drug-likeness (QED) is 0.899. The predicted molar refractivity (Wildman–Crippen MR) is 81.3 cm³/mol. The molecule has 2 aliphatic rings. The zero-order valence-electron chi connectivity index (χ0n) is 13.3. The predicted octanol–water partition coefficient (Wildman–Crippen LogP) is 1.71. The number of hydrogen-bond acceptors (Lipinski definition) is 4. The third-order valence-corrected chi connectivity index (χ3v) is 4.56. The molecule has 1 aromatic heterocycles. The Morgan fingerprint density at radius 3 is 3.00 bits per heavy atom. The number of amides is 1. The molecule has 4 atom stereocenters. The molecule has 0 aliphatic carbocycles. The normalized spacial score (nSPS) is 31.5. The first-order chi connectivity index (χ1) is 10.6. The number of nitrogens with zero attached hydrogens (tertiary/aromatic N) is 2. The molecule has 0 unspecified atom stereocenters. The number of ether oxygens (including phenoxy) is 2. The minimum atomic E-state index is -0.147. The van der Waals surface area contributed by atoms with Crippen LogP contribution in [0.5, 0.6) is 0 Å². The Bertz CT molecular complexity index is 516. The lowest BCUT2D eigenvalue weighted by molar-refractivity contribution is -0.123. The van der Waals surface area contributed by atoms with Crippen LogP contribution in [0.4, 0.5) is 0 Å². The molecule has 2 aliphatic heterocycles. The van der Waals surface area contributed by atoms with E-state index in [1.165, 1.54) is 0 Å². The summed E-state index contributed by atoms with van der Waals surface area (Å²) in [6, 6.07) is 0.0111. The minimum Gasteiger partial charge on any atom is -0.375 e. The third kappa shape index (κ3) is 3.50. The summed E-state index contributed by atoms with van der Waals surface area (Å²) in [7, 11) is 1.95. The summed E-state index contributed by atoms with van der Waals surface area (Å²) in [6.07, 6.45) is 8.41. The van der Waals surface area contributed by atoms with E-state index in [2.05, 4.69) is 17.2 Å². The van der Waals surface area contributed by atoms with E-state index in [-0.39, 0.29) is 24.2 Å². The van der Waals surface area contributed by atoms with Gasteiger partial charge in [0.15, 0.2) is 0 Å². The molecule has 6 nitrogen and oxygen atoms in total. The molecule has 1 N–H and O–H groups in total. The summed E-state index contributed by atoms with van der Waals surface area (Å²) in [5.74, 6) is 0.952. The van der Waals surface area contributed by atoms with Gasteiger partial charge in [-0.2, -0.15) is 0 Å². The molecule has 2 fully saturated rings. The highest BCUT2D eigenvalue weighted by molar-refractivity contribution is 5.76. The highest BCUT2D eigenvalue weighted by Gasteiger charge is 2.33. The van der Waals surface area contributed by atoms with E-state index in [1.807, 2.05) is 17.8 Å². The van der Waals surface area contributed by atoms with E-state index in [4.69, 9.17) is 9.47 Å². The van der Waals surface area contributed by atoms with Gasteiger partial charge < -0.3 is 19.4 Å². The molecule has 0 bridgehead atoms. The van der Waals surface area contributed by atoms with Gasteiger partial charge in [0.25, 0.3) is 0 Å². The fraction of sp³-hybridized carbons (Fsp3) is 0.750. The van der Waals surface area contributed by atoms with Crippen LogP contribution in [0.15, 0.2) is 12.4 Å². The van der Waals surface area contributed by atoms with Crippen molar-refractivity contribution in [2.24, 2.45) is 7.05 Å². The van der Waals surface area contributed by atoms with Gasteiger partial charge in [0.2, 0.25) is 5.91 Å². The molecule has 3 heterocycles. The number of carbonyl (C=O) groups excluding carboxylic acids is 1. The minimum absolute atomic E-state index is 0.0111. The molecule has 1 amide bonds. The molecular formula is C16H25N3O3. The summed E-state index contributed by atoms with van der Waals surface area (Å²) >= 11 is 0. The zero-order chi connectivity index (χ0) is 15.5. The van der Waals surface area contributed by atoms with Gasteiger partial charge in [-0.05, 0) is 32.6 Å². The average Bonchev–Trinajstić information content (AvgIpc) is 3.18. The molecule has 0 aromatic carbocycles. The SMILES string of the molecule is C[C@H]1CC[C@H](CCC(=O)N[C@H]2CCO[C@@H]2c2nccn2C)O1. The maximum atomic E-state index is 12.2. The summed E-state index contributed by atoms with van der Waals surface area (Å²) < 4.78 is 13.5. The standard InChI is InChI=1S/C16H25N3O3/c1-11-3-4-12(22-11)5-6-14(20)18-13-7-10-21-15(13)16-17-8-9-19(16)2/h8-9,11-13,15H,3-7,10H2,1-2H3,(H,18,20)/t11-,12+,13-,15-/m0/s1. The molecule has 1 aromatic rings. The Kier molecular flexibility index (Phi) is 4.78. The first-order valence-corrected chi connectivity index (χ1v) is 8.17. The highest BCUT2D eigenvalue weighted by Crippen LogP contribution is 2.28. The van der Waals surface area contributed by atoms with Crippen molar-refractivity contribution in [1.29, 1.82) is 0 Å². The van der Waals surface area contributed by atoms with Gasteiger partial charge in [0, 0.05) is 32.5 Å². The van der Waals surface area contributed by atoms with E-state index in [0.717, 1.165) is 31.5 Å². The van der Waals surface area contributed by atoms with E-state index in [9.17, 15) is 4.79 Å². The third-order valence-electron chi connectivity index (χ3n) is 4.56. The number of carbonyl (C=O) groups is 1. The van der Waals surface area contributed by atoms with E-state index in [0.29, 0.717) is 19.1 Å². The Labute approximate surface area is 131 Å². The van der Waals surface area contributed by atoms with Gasteiger partial charge in [-0.25, -0.2) is 4.98 Å². The van der Waals surface area contributed by atoms with Gasteiger partial charge in [0.05, 0.1) is 18.2 Å². The first kappa shape index (κ1) is 15.5. The molecule has 0 radical (unpaired) electrons. The monoisotopic (exact) mass is 307 g/mol. The lowest BCUT2D eigenvalue weighted by Gasteiger charge is -2.20. The number of hydrogen-bond donors (Lipinski definition) is 1. The maximum Gasteiger partial charge on any atom is 0.220 e. The van der Waals surface area contributed by atoms with Crippen LogP contribution in [0.25, 0.3) is 0 Å². The van der Waals surface area contributed by atoms with Crippen LogP contribution in [0.3, 0.4) is 0 Å². The van der Waals surface area contributed by atoms with Crippen molar-refractivity contribution in [2.75, 3.05) is 6.61 Å². The second-order valence-corrected chi connectivity index (χ2v) is 6.34. The molecule has 2 saturated heterocycles. The number of rotatable bonds is 5. The van der Waals surface area contributed by atoms with Crippen molar-refractivity contribution in [3.8, 4) is 0 Å². The van der Waals surface area contributed by atoms with Gasteiger partial charge in [-0.1, -0.05) is 0 Å². The van der Waals surface area contributed by atoms with E-state index < -0.39 is 0 Å². The smallest absolute Gasteiger partial charge is 0.220 e. The van der Waals surface area contributed by atoms with Crippen molar-refractivity contribution in [3.05, 3.63) is 18.2 Å². The maximum absolute atomic E-state index is 12.2. The first-order valence-electron chi connectivity index (χ1n) is 8.17. The number of aryl methyl sites for hydroxylation is 1. The van der Waals surface area contributed by atoms with Crippen molar-refractivity contribution in [1.82, 2.24) is 14.9 Å². The average molecular weight is 307 g/mol. The molecular weight excluding hydrogens is 282 g/mol. The Hall–Kier alpha value is -1.40. The fourth-order valence-electron chi connectivity index (χ4n) is 3.31. The molecule has 6 heteroatoms. The molecule has 22 heavy (non-hydrogen) atoms. The van der Waals surface area contributed by atoms with Crippen LogP contribution in [0.1, 0.15) is 51.0 Å². The Morgan fingerprint density at radius 1 is 1.45 bits per heavy atom. The summed E-state index contributed by atoms with van der Waals surface area (Å²) in [6.45, 7) is 2.75. The molecule has 122 valence electrons. The Morgan fingerprint density at radius 2 is 2.32 bits per heavy atom. The lowest BCUT2D eigenvalue weighted by Crippen LogP contribution is -2.37. The van der Waals surface area contributed by atoms with Gasteiger partial charge in [-0.15, -0.1) is 0 Å². The van der Waals surface area contributed by atoms with Gasteiger partial charge in [-0.3, -0.25) is 4.79 Å². The largest absolute Gasteiger partial charge is 0.375 e. The van der Waals surface area contributed by atoms with Crippen molar-refractivity contribution in [3.63, 3.8) is 0 Å². The molecule has 3 rings (SSSR count). The number of nitrogens with one attached hydrogen (secondary N) is 1. The van der Waals surface area contributed by atoms with Crippen LogP contribution in [-0.2, 0) is 21.3 Å². The molecule has 0 spiro atoms. The van der Waals surface area contributed by atoms with Crippen LogP contribution in [0.2, 0.25) is 0 Å². The summed E-state index contributed by atoms with van der Waals surface area (Å²) in [5.41, 5.74) is 0.